The van der Waals surface area contributed by atoms with Gasteiger partial charge < -0.3 is 19.8 Å². The second-order valence-electron chi connectivity index (χ2n) is 4.45. The number of carbonyl (C=O) groups excluding carboxylic acids is 1. The number of aliphatic hydroxyl groups excluding tert-OH is 1. The van der Waals surface area contributed by atoms with E-state index in [-0.39, 0.29) is 25.5 Å². The molecule has 19 heavy (non-hydrogen) atoms. The first-order valence-electron chi connectivity index (χ1n) is 5.89. The van der Waals surface area contributed by atoms with Crippen molar-refractivity contribution < 1.29 is 24.5 Å². The molecule has 2 N–H and O–H groups in total. The minimum Gasteiger partial charge on any atom is -0.482 e. The van der Waals surface area contributed by atoms with Crippen LogP contribution in [0.3, 0.4) is 0 Å². The molecule has 102 valence electrons. The van der Waals surface area contributed by atoms with Crippen molar-refractivity contribution in [3.63, 3.8) is 0 Å². The number of hydrogen-bond acceptors (Lipinski definition) is 4. The van der Waals surface area contributed by atoms with E-state index in [4.69, 9.17) is 9.84 Å². The van der Waals surface area contributed by atoms with Gasteiger partial charge in [-0.2, -0.15) is 0 Å². The second-order valence-corrected chi connectivity index (χ2v) is 4.45. The average Bonchev–Trinajstić information content (AvgIpc) is 2.40. The van der Waals surface area contributed by atoms with Crippen LogP contribution in [0, 0.1) is 0 Å². The lowest BCUT2D eigenvalue weighted by Gasteiger charge is -2.27. The van der Waals surface area contributed by atoms with Gasteiger partial charge in [-0.3, -0.25) is 9.59 Å². The molecule has 0 bridgehead atoms. The van der Waals surface area contributed by atoms with Gasteiger partial charge in [0.25, 0.3) is 5.91 Å². The molecule has 1 aliphatic heterocycles. The summed E-state index contributed by atoms with van der Waals surface area (Å²) in [6.07, 6.45) is -0.159. The second kappa shape index (κ2) is 5.27. The van der Waals surface area contributed by atoms with Gasteiger partial charge in [-0.05, 0) is 17.7 Å². The van der Waals surface area contributed by atoms with E-state index in [1.165, 1.54) is 4.90 Å². The molecule has 6 nitrogen and oxygen atoms in total. The Labute approximate surface area is 110 Å². The van der Waals surface area contributed by atoms with Crippen LogP contribution in [0.2, 0.25) is 0 Å². The lowest BCUT2D eigenvalue weighted by molar-refractivity contribution is -0.137. The molecule has 0 fully saturated rings. The van der Waals surface area contributed by atoms with Crippen LogP contribution in [-0.4, -0.2) is 42.4 Å². The van der Waals surface area contributed by atoms with Crippen molar-refractivity contribution in [2.45, 2.75) is 12.3 Å². The summed E-state index contributed by atoms with van der Waals surface area (Å²) in [5.41, 5.74) is 1.27. The fraction of sp³-hybridized carbons (Fsp3) is 0.385. The number of anilines is 1. The smallest absolute Gasteiger partial charge is 0.304 e. The largest absolute Gasteiger partial charge is 0.482 e. The van der Waals surface area contributed by atoms with Crippen LogP contribution < -0.4 is 9.64 Å². The van der Waals surface area contributed by atoms with Crippen LogP contribution in [-0.2, 0) is 9.59 Å². The fourth-order valence-corrected chi connectivity index (χ4v) is 2.04. The molecular weight excluding hydrogens is 250 g/mol. The Kier molecular flexibility index (Phi) is 3.71. The number of likely N-dealkylation sites (N-methyl/N-ethyl adjacent to an activating group) is 1. The minimum absolute atomic E-state index is 0.00139. The van der Waals surface area contributed by atoms with E-state index in [1.54, 1.807) is 25.2 Å². The molecule has 2 rings (SSSR count). The maximum Gasteiger partial charge on any atom is 0.304 e. The van der Waals surface area contributed by atoms with E-state index >= 15 is 0 Å². The topological polar surface area (TPSA) is 87.1 Å². The lowest BCUT2D eigenvalue weighted by atomic mass is 9.95. The first-order valence-corrected chi connectivity index (χ1v) is 5.89. The van der Waals surface area contributed by atoms with E-state index in [9.17, 15) is 14.7 Å². The average molecular weight is 265 g/mol. The van der Waals surface area contributed by atoms with Gasteiger partial charge in [0.15, 0.2) is 6.61 Å². The summed E-state index contributed by atoms with van der Waals surface area (Å²) in [6.45, 7) is -0.259. The number of carboxylic acids is 1. The molecule has 1 unspecified atom stereocenters. The highest BCUT2D eigenvalue weighted by atomic mass is 16.5. The van der Waals surface area contributed by atoms with Crippen molar-refractivity contribution >= 4 is 17.6 Å². The number of hydrogen-bond donors (Lipinski definition) is 2. The Hall–Kier alpha value is -2.08. The van der Waals surface area contributed by atoms with Crippen LogP contribution in [0.25, 0.3) is 0 Å². The molecule has 1 heterocycles. The van der Waals surface area contributed by atoms with Crippen LogP contribution >= 0.6 is 0 Å². The summed E-state index contributed by atoms with van der Waals surface area (Å²) >= 11 is 0. The third-order valence-corrected chi connectivity index (χ3v) is 3.18. The Bertz CT molecular complexity index is 514. The zero-order valence-electron chi connectivity index (χ0n) is 10.5. The monoisotopic (exact) mass is 265 g/mol. The summed E-state index contributed by atoms with van der Waals surface area (Å²) in [5, 5.41) is 18.1. The molecule has 1 amide bonds. The highest BCUT2D eigenvalue weighted by Crippen LogP contribution is 2.34. The third-order valence-electron chi connectivity index (χ3n) is 3.18. The highest BCUT2D eigenvalue weighted by molar-refractivity contribution is 5.97. The Morgan fingerprint density at radius 2 is 2.26 bits per heavy atom. The number of amides is 1. The van der Waals surface area contributed by atoms with Crippen LogP contribution in [0.15, 0.2) is 18.2 Å². The van der Waals surface area contributed by atoms with Gasteiger partial charge >= 0.3 is 5.97 Å². The van der Waals surface area contributed by atoms with Gasteiger partial charge in [-0.1, -0.05) is 6.07 Å². The minimum atomic E-state index is -0.975. The highest BCUT2D eigenvalue weighted by Gasteiger charge is 2.24. The zero-order chi connectivity index (χ0) is 14.0. The molecule has 0 aliphatic carbocycles. The van der Waals surface area contributed by atoms with Crippen molar-refractivity contribution in [1.29, 1.82) is 0 Å². The normalized spacial score (nSPS) is 15.7. The number of carboxylic acid groups (broad SMARTS) is 1. The molecule has 1 atom stereocenters. The first kappa shape index (κ1) is 13.4. The molecule has 1 aliphatic rings. The zero-order valence-corrected chi connectivity index (χ0v) is 10.5. The van der Waals surface area contributed by atoms with E-state index in [2.05, 4.69) is 0 Å². The maximum atomic E-state index is 11.5. The summed E-state index contributed by atoms with van der Waals surface area (Å²) < 4.78 is 5.29. The number of carbonyl (C=O) groups is 2. The number of fused-ring (bicyclic) bond motifs is 1. The van der Waals surface area contributed by atoms with Crippen LogP contribution in [0.5, 0.6) is 5.75 Å². The van der Waals surface area contributed by atoms with E-state index in [0.717, 1.165) is 0 Å². The summed E-state index contributed by atoms with van der Waals surface area (Å²) in [5.74, 6) is -1.05. The van der Waals surface area contributed by atoms with Gasteiger partial charge in [0, 0.05) is 13.0 Å². The molecule has 0 spiro atoms. The Balaban J connectivity index is 2.33. The van der Waals surface area contributed by atoms with Crippen LogP contribution in [0.1, 0.15) is 17.9 Å². The SMILES string of the molecule is CN1C(=O)COc2ccc(C(CO)CC(=O)O)cc21. The van der Waals surface area contributed by atoms with Gasteiger partial charge in [0.1, 0.15) is 5.75 Å². The molecule has 0 saturated heterocycles. The first-order chi connectivity index (χ1) is 9.02. The van der Waals surface area contributed by atoms with Gasteiger partial charge in [-0.15, -0.1) is 0 Å². The predicted octanol–water partition coefficient (Wildman–Crippen LogP) is 0.592. The van der Waals surface area contributed by atoms with Crippen molar-refractivity contribution in [3.8, 4) is 5.75 Å². The van der Waals surface area contributed by atoms with Gasteiger partial charge in [0.05, 0.1) is 18.7 Å². The number of rotatable bonds is 4. The molecule has 0 aromatic heterocycles. The third kappa shape index (κ3) is 2.68. The van der Waals surface area contributed by atoms with Crippen molar-refractivity contribution in [2.75, 3.05) is 25.2 Å². The molecule has 0 radical (unpaired) electrons. The maximum absolute atomic E-state index is 11.5. The summed E-state index contributed by atoms with van der Waals surface area (Å²) in [7, 11) is 1.64. The number of nitrogens with zero attached hydrogens (tertiary/aromatic N) is 1. The van der Waals surface area contributed by atoms with Crippen LogP contribution in [0.4, 0.5) is 5.69 Å². The van der Waals surface area contributed by atoms with E-state index < -0.39 is 11.9 Å². The molecule has 0 saturated carbocycles. The van der Waals surface area contributed by atoms with Crippen molar-refractivity contribution in [1.82, 2.24) is 0 Å². The molecular formula is C13H15NO5. The van der Waals surface area contributed by atoms with Gasteiger partial charge in [0.2, 0.25) is 0 Å². The summed E-state index contributed by atoms with van der Waals surface area (Å²) in [4.78, 5) is 23.8. The fourth-order valence-electron chi connectivity index (χ4n) is 2.04. The van der Waals surface area contributed by atoms with Crippen molar-refractivity contribution in [3.05, 3.63) is 23.8 Å². The quantitative estimate of drug-likeness (QED) is 0.832. The number of ether oxygens (including phenoxy) is 1. The number of benzene rings is 1. The predicted molar refractivity (Wildman–Crippen MR) is 67.4 cm³/mol. The molecule has 6 heteroatoms. The number of aliphatic carboxylic acids is 1. The number of aliphatic hydroxyl groups is 1. The standard InChI is InChI=1S/C13H15NO5/c1-14-10-4-8(9(6-15)5-13(17)18)2-3-11(10)19-7-12(14)16/h2-4,9,15H,5-7H2,1H3,(H,17,18). The molecule has 1 aromatic carbocycles. The van der Waals surface area contributed by atoms with E-state index in [1.807, 2.05) is 0 Å². The lowest BCUT2D eigenvalue weighted by Crippen LogP contribution is -2.35. The Morgan fingerprint density at radius 1 is 1.53 bits per heavy atom. The van der Waals surface area contributed by atoms with Crippen molar-refractivity contribution in [2.24, 2.45) is 0 Å². The van der Waals surface area contributed by atoms with Gasteiger partial charge in [-0.25, -0.2) is 0 Å². The Morgan fingerprint density at radius 3 is 2.89 bits per heavy atom. The molecule has 1 aromatic rings. The summed E-state index contributed by atoms with van der Waals surface area (Å²) in [6, 6.07) is 5.10. The van der Waals surface area contributed by atoms with E-state index in [0.29, 0.717) is 17.0 Å².